The van der Waals surface area contributed by atoms with E-state index in [0.717, 1.165) is 6.92 Å². The summed E-state index contributed by atoms with van der Waals surface area (Å²) >= 11 is 4.96. The van der Waals surface area contributed by atoms with Crippen molar-refractivity contribution in [3.05, 3.63) is 0 Å². The van der Waals surface area contributed by atoms with Crippen LogP contribution in [0.1, 0.15) is 6.92 Å². The molecule has 1 unspecified atom stereocenters. The van der Waals surface area contributed by atoms with Crippen LogP contribution in [0.4, 0.5) is 13.2 Å². The van der Waals surface area contributed by atoms with Gasteiger partial charge in [-0.2, -0.15) is 13.2 Å². The monoisotopic (exact) mass is 188 g/mol. The Morgan fingerprint density at radius 3 is 1.82 bits per heavy atom. The van der Waals surface area contributed by atoms with Crippen LogP contribution in [0.2, 0.25) is 0 Å². The number of carbonyl (C=O) groups excluding carboxylic acids is 2. The second-order valence-corrected chi connectivity index (χ2v) is 2.46. The van der Waals surface area contributed by atoms with Crippen LogP contribution in [0, 0.1) is 0 Å². The van der Waals surface area contributed by atoms with Crippen molar-refractivity contribution < 1.29 is 22.8 Å². The summed E-state index contributed by atoms with van der Waals surface area (Å²) in [6, 6.07) is 0. The minimum atomic E-state index is -5.11. The molecule has 11 heavy (non-hydrogen) atoms. The molecule has 0 heterocycles. The minimum Gasteiger partial charge on any atom is -0.289 e. The third-order valence-corrected chi connectivity index (χ3v) is 1.04. The summed E-state index contributed by atoms with van der Waals surface area (Å²) in [5.41, 5.74) is 0. The molecule has 0 spiro atoms. The second kappa shape index (κ2) is 3.21. The number of hydrogen-bond acceptors (Lipinski definition) is 2. The van der Waals surface area contributed by atoms with Crippen LogP contribution in [-0.4, -0.2) is 23.1 Å². The van der Waals surface area contributed by atoms with E-state index in [9.17, 15) is 22.8 Å². The number of halogens is 4. The van der Waals surface area contributed by atoms with Crippen molar-refractivity contribution >= 4 is 23.2 Å². The molecule has 1 atom stereocenters. The van der Waals surface area contributed by atoms with Crippen molar-refractivity contribution in [2.75, 3.05) is 0 Å². The topological polar surface area (TPSA) is 34.1 Å². The highest BCUT2D eigenvalue weighted by Crippen LogP contribution is 2.17. The highest BCUT2D eigenvalue weighted by molar-refractivity contribution is 6.50. The largest absolute Gasteiger partial charge is 0.458 e. The van der Waals surface area contributed by atoms with Gasteiger partial charge < -0.3 is 0 Å². The van der Waals surface area contributed by atoms with Crippen molar-refractivity contribution in [1.82, 2.24) is 0 Å². The average molecular weight is 189 g/mol. The molecule has 0 rings (SSSR count). The van der Waals surface area contributed by atoms with Crippen molar-refractivity contribution in [1.29, 1.82) is 0 Å². The fraction of sp³-hybridized carbons (Fsp3) is 0.600. The number of ketones is 2. The highest BCUT2D eigenvalue weighted by Gasteiger charge is 2.44. The molecule has 0 saturated heterocycles. The van der Waals surface area contributed by atoms with Gasteiger partial charge in [-0.15, -0.1) is 11.6 Å². The summed E-state index contributed by atoms with van der Waals surface area (Å²) in [5, 5.41) is -1.43. The van der Waals surface area contributed by atoms with E-state index >= 15 is 0 Å². The molecular weight excluding hydrogens is 184 g/mol. The van der Waals surface area contributed by atoms with Crippen molar-refractivity contribution in [3.63, 3.8) is 0 Å². The molecule has 0 aromatic heterocycles. The molecule has 64 valence electrons. The molecule has 0 aromatic carbocycles. The fourth-order valence-corrected chi connectivity index (χ4v) is 0.419. The molecule has 0 aromatic rings. The van der Waals surface area contributed by atoms with Gasteiger partial charge in [0.15, 0.2) is 0 Å². The molecular formula is C5H4ClF3O2. The molecule has 0 aliphatic rings. The van der Waals surface area contributed by atoms with Crippen LogP contribution in [0.25, 0.3) is 0 Å². The predicted octanol–water partition coefficient (Wildman–Crippen LogP) is 1.31. The molecule has 0 fully saturated rings. The van der Waals surface area contributed by atoms with E-state index in [-0.39, 0.29) is 0 Å². The predicted molar refractivity (Wildman–Crippen MR) is 31.4 cm³/mol. The van der Waals surface area contributed by atoms with Crippen LogP contribution >= 0.6 is 11.6 Å². The summed E-state index contributed by atoms with van der Waals surface area (Å²) in [5.74, 6) is -4.03. The Hall–Kier alpha value is -0.580. The maximum Gasteiger partial charge on any atom is 0.458 e. The van der Waals surface area contributed by atoms with Gasteiger partial charge in [0.25, 0.3) is 0 Å². The van der Waals surface area contributed by atoms with Gasteiger partial charge in [-0.1, -0.05) is 0 Å². The first kappa shape index (κ1) is 10.4. The second-order valence-electron chi connectivity index (χ2n) is 1.81. The Morgan fingerprint density at radius 2 is 1.73 bits per heavy atom. The average Bonchev–Trinajstić information content (AvgIpc) is 1.82. The molecule has 0 saturated carbocycles. The zero-order valence-corrected chi connectivity index (χ0v) is 6.16. The van der Waals surface area contributed by atoms with Crippen LogP contribution in [-0.2, 0) is 9.59 Å². The van der Waals surface area contributed by atoms with Gasteiger partial charge in [0, 0.05) is 0 Å². The first-order chi connectivity index (χ1) is 4.76. The van der Waals surface area contributed by atoms with E-state index in [1.807, 2.05) is 0 Å². The lowest BCUT2D eigenvalue weighted by Crippen LogP contribution is -2.34. The standard InChI is InChI=1S/C5H4ClF3O2/c1-2(6)3(10)4(11)5(7,8)9/h2H,1H3. The van der Waals surface area contributed by atoms with Crippen LogP contribution < -0.4 is 0 Å². The summed E-state index contributed by atoms with van der Waals surface area (Å²) in [7, 11) is 0. The third kappa shape index (κ3) is 2.88. The zero-order chi connectivity index (χ0) is 9.23. The van der Waals surface area contributed by atoms with Crippen molar-refractivity contribution in [2.24, 2.45) is 0 Å². The van der Waals surface area contributed by atoms with E-state index in [4.69, 9.17) is 11.6 Å². The van der Waals surface area contributed by atoms with Gasteiger partial charge in [0.05, 0.1) is 5.38 Å². The zero-order valence-electron chi connectivity index (χ0n) is 5.41. The number of alkyl halides is 4. The van der Waals surface area contributed by atoms with Crippen LogP contribution in [0.5, 0.6) is 0 Å². The molecule has 0 amide bonds. The first-order valence-electron chi connectivity index (χ1n) is 2.56. The van der Waals surface area contributed by atoms with Gasteiger partial charge >= 0.3 is 12.0 Å². The Morgan fingerprint density at radius 1 is 1.36 bits per heavy atom. The van der Waals surface area contributed by atoms with E-state index in [1.54, 1.807) is 0 Å². The number of hydrogen-bond donors (Lipinski definition) is 0. The smallest absolute Gasteiger partial charge is 0.289 e. The fourth-order valence-electron chi connectivity index (χ4n) is 0.320. The van der Waals surface area contributed by atoms with Crippen molar-refractivity contribution in [2.45, 2.75) is 18.5 Å². The van der Waals surface area contributed by atoms with Gasteiger partial charge in [0.1, 0.15) is 0 Å². The van der Waals surface area contributed by atoms with Gasteiger partial charge in [-0.05, 0) is 6.92 Å². The number of rotatable bonds is 2. The molecule has 0 aliphatic heterocycles. The van der Waals surface area contributed by atoms with E-state index in [0.29, 0.717) is 0 Å². The summed E-state index contributed by atoms with van der Waals surface area (Å²) < 4.78 is 34.3. The molecule has 6 heteroatoms. The number of carbonyl (C=O) groups is 2. The first-order valence-corrected chi connectivity index (χ1v) is 3.00. The number of Topliss-reactive ketones (excluding diaryl/α,β-unsaturated/α-hetero) is 2. The summed E-state index contributed by atoms with van der Waals surface area (Å²) in [6.07, 6.45) is -5.11. The van der Waals surface area contributed by atoms with Crippen molar-refractivity contribution in [3.8, 4) is 0 Å². The van der Waals surface area contributed by atoms with E-state index in [2.05, 4.69) is 0 Å². The highest BCUT2D eigenvalue weighted by atomic mass is 35.5. The van der Waals surface area contributed by atoms with Gasteiger partial charge in [0.2, 0.25) is 5.78 Å². The Kier molecular flexibility index (Phi) is 3.04. The lowest BCUT2D eigenvalue weighted by atomic mass is 10.2. The van der Waals surface area contributed by atoms with Gasteiger partial charge in [-0.25, -0.2) is 0 Å². The maximum atomic E-state index is 11.4. The Labute approximate surface area is 65.3 Å². The SMILES string of the molecule is CC(Cl)C(=O)C(=O)C(F)(F)F. The van der Waals surface area contributed by atoms with Gasteiger partial charge in [-0.3, -0.25) is 9.59 Å². The molecule has 0 N–H and O–H groups in total. The molecule has 0 aliphatic carbocycles. The summed E-state index contributed by atoms with van der Waals surface area (Å²) in [6.45, 7) is 1.01. The van der Waals surface area contributed by atoms with E-state index in [1.165, 1.54) is 0 Å². The normalized spacial score (nSPS) is 14.3. The lowest BCUT2D eigenvalue weighted by molar-refractivity contribution is -0.174. The maximum absolute atomic E-state index is 11.4. The lowest BCUT2D eigenvalue weighted by Gasteiger charge is -2.03. The Balaban J connectivity index is 4.40. The Bertz CT molecular complexity index is 185. The molecule has 0 radical (unpaired) electrons. The molecule has 2 nitrogen and oxygen atoms in total. The van der Waals surface area contributed by atoms with E-state index < -0.39 is 23.1 Å². The van der Waals surface area contributed by atoms with Crippen LogP contribution in [0.15, 0.2) is 0 Å². The summed E-state index contributed by atoms with van der Waals surface area (Å²) in [4.78, 5) is 20.3. The molecule has 0 bridgehead atoms. The third-order valence-electron chi connectivity index (χ3n) is 0.843. The minimum absolute atomic E-state index is 1.01. The van der Waals surface area contributed by atoms with Crippen LogP contribution in [0.3, 0.4) is 0 Å². The quantitative estimate of drug-likeness (QED) is 0.484.